The van der Waals surface area contributed by atoms with Crippen molar-refractivity contribution in [2.45, 2.75) is 45.1 Å². The van der Waals surface area contributed by atoms with Crippen molar-refractivity contribution in [2.24, 2.45) is 5.92 Å². The Hall–Kier alpha value is -2.31. The summed E-state index contributed by atoms with van der Waals surface area (Å²) >= 11 is 0. The van der Waals surface area contributed by atoms with Gasteiger partial charge in [0.05, 0.1) is 18.1 Å². The number of methoxy groups -OCH3 is 1. The normalized spacial score (nSPS) is 16.2. The van der Waals surface area contributed by atoms with Gasteiger partial charge in [0.2, 0.25) is 0 Å². The third-order valence-corrected chi connectivity index (χ3v) is 4.33. The number of nitrogens with one attached hydrogen (secondary N) is 1. The van der Waals surface area contributed by atoms with Gasteiger partial charge < -0.3 is 14.8 Å². The Balaban J connectivity index is 1.94. The van der Waals surface area contributed by atoms with E-state index in [4.69, 9.17) is 9.47 Å². The van der Waals surface area contributed by atoms with E-state index in [2.05, 4.69) is 5.32 Å². The Bertz CT molecular complexity index is 584. The van der Waals surface area contributed by atoms with Gasteiger partial charge in [0, 0.05) is 6.54 Å². The van der Waals surface area contributed by atoms with Crippen molar-refractivity contribution in [1.82, 2.24) is 5.32 Å². The van der Waals surface area contributed by atoms with E-state index >= 15 is 0 Å². The zero-order chi connectivity index (χ0) is 17.5. The highest BCUT2D eigenvalue weighted by Crippen LogP contribution is 2.31. The fraction of sp³-hybridized carbons (Fsp3) is 0.588. The highest BCUT2D eigenvalue weighted by Gasteiger charge is 2.23. The molecule has 24 heavy (non-hydrogen) atoms. The first kappa shape index (κ1) is 18.0. The number of nitro benzene ring substituents is 1. The minimum absolute atomic E-state index is 0.0566. The summed E-state index contributed by atoms with van der Waals surface area (Å²) < 4.78 is 10.5. The Kier molecular flexibility index (Phi) is 6.40. The fourth-order valence-electron chi connectivity index (χ4n) is 2.89. The first-order chi connectivity index (χ1) is 11.5. The van der Waals surface area contributed by atoms with Crippen LogP contribution in [0.5, 0.6) is 11.5 Å². The first-order valence-electron chi connectivity index (χ1n) is 8.28. The molecule has 1 amide bonds. The highest BCUT2D eigenvalue weighted by atomic mass is 16.6. The number of nitrogens with zero attached hydrogens (tertiary/aromatic N) is 1. The topological polar surface area (TPSA) is 90.7 Å². The number of benzene rings is 1. The van der Waals surface area contributed by atoms with Gasteiger partial charge in [-0.1, -0.05) is 19.3 Å². The van der Waals surface area contributed by atoms with Crippen molar-refractivity contribution in [3.8, 4) is 11.5 Å². The lowest BCUT2D eigenvalue weighted by molar-refractivity contribution is -0.386. The largest absolute Gasteiger partial charge is 0.496 e. The van der Waals surface area contributed by atoms with Gasteiger partial charge in [0.1, 0.15) is 5.75 Å². The molecule has 2 rings (SSSR count). The van der Waals surface area contributed by atoms with Crippen LogP contribution in [0.3, 0.4) is 0 Å². The van der Waals surface area contributed by atoms with Gasteiger partial charge in [-0.05, 0) is 37.8 Å². The van der Waals surface area contributed by atoms with Crippen molar-refractivity contribution in [3.63, 3.8) is 0 Å². The Morgan fingerprint density at radius 2 is 2.08 bits per heavy atom. The number of amides is 1. The molecule has 1 aliphatic rings. The molecule has 0 bridgehead atoms. The molecule has 0 aliphatic heterocycles. The Labute approximate surface area is 141 Å². The summed E-state index contributed by atoms with van der Waals surface area (Å²) in [7, 11) is 1.43. The van der Waals surface area contributed by atoms with Crippen molar-refractivity contribution in [2.75, 3.05) is 13.7 Å². The molecule has 1 aliphatic carbocycles. The lowest BCUT2D eigenvalue weighted by Gasteiger charge is -2.22. The van der Waals surface area contributed by atoms with Crippen LogP contribution >= 0.6 is 0 Å². The third kappa shape index (κ3) is 4.84. The quantitative estimate of drug-likeness (QED) is 0.610. The van der Waals surface area contributed by atoms with E-state index in [1.165, 1.54) is 38.5 Å². The summed E-state index contributed by atoms with van der Waals surface area (Å²) in [6, 6.07) is 4.29. The molecule has 1 N–H and O–H groups in total. The molecule has 7 heteroatoms. The van der Waals surface area contributed by atoms with Gasteiger partial charge in [0.15, 0.2) is 11.9 Å². The molecule has 7 nitrogen and oxygen atoms in total. The molecule has 0 heterocycles. The predicted molar refractivity (Wildman–Crippen MR) is 89.3 cm³/mol. The Morgan fingerprint density at radius 1 is 1.38 bits per heavy atom. The molecule has 132 valence electrons. The van der Waals surface area contributed by atoms with E-state index in [0.29, 0.717) is 18.2 Å². The van der Waals surface area contributed by atoms with Gasteiger partial charge in [-0.2, -0.15) is 0 Å². The number of ether oxygens (including phenoxy) is 2. The van der Waals surface area contributed by atoms with E-state index in [0.717, 1.165) is 12.8 Å². The van der Waals surface area contributed by atoms with Crippen LogP contribution in [-0.4, -0.2) is 30.6 Å². The number of hydrogen-bond donors (Lipinski definition) is 1. The molecule has 0 aromatic heterocycles. The molecule has 0 saturated heterocycles. The van der Waals surface area contributed by atoms with E-state index in [-0.39, 0.29) is 17.3 Å². The van der Waals surface area contributed by atoms with Crippen molar-refractivity contribution < 1.29 is 19.2 Å². The van der Waals surface area contributed by atoms with Gasteiger partial charge in [0.25, 0.3) is 5.91 Å². The van der Waals surface area contributed by atoms with Crippen LogP contribution in [0, 0.1) is 16.0 Å². The second-order valence-electron chi connectivity index (χ2n) is 6.10. The third-order valence-electron chi connectivity index (χ3n) is 4.33. The summed E-state index contributed by atoms with van der Waals surface area (Å²) in [5, 5.41) is 14.0. The molecule has 1 aromatic rings. The second kappa shape index (κ2) is 8.52. The summed E-state index contributed by atoms with van der Waals surface area (Å²) in [6.45, 7) is 2.22. The summed E-state index contributed by atoms with van der Waals surface area (Å²) in [4.78, 5) is 22.8. The minimum Gasteiger partial charge on any atom is -0.496 e. The molecule has 0 spiro atoms. The number of rotatable bonds is 7. The van der Waals surface area contributed by atoms with Crippen molar-refractivity contribution >= 4 is 11.6 Å². The minimum atomic E-state index is -0.805. The lowest BCUT2D eigenvalue weighted by Crippen LogP contribution is -2.39. The van der Waals surface area contributed by atoms with Crippen LogP contribution in [0.2, 0.25) is 0 Å². The molecule has 1 fully saturated rings. The smallest absolute Gasteiger partial charge is 0.314 e. The molecule has 1 unspecified atom stereocenters. The van der Waals surface area contributed by atoms with Crippen LogP contribution < -0.4 is 14.8 Å². The predicted octanol–water partition coefficient (Wildman–Crippen LogP) is 3.07. The van der Waals surface area contributed by atoms with Gasteiger partial charge in [-0.25, -0.2) is 0 Å². The van der Waals surface area contributed by atoms with E-state index in [9.17, 15) is 14.9 Å². The van der Waals surface area contributed by atoms with E-state index in [1.807, 2.05) is 0 Å². The fourth-order valence-corrected chi connectivity index (χ4v) is 2.89. The summed E-state index contributed by atoms with van der Waals surface area (Å²) in [5.74, 6) is 0.681. The van der Waals surface area contributed by atoms with Crippen LogP contribution in [0.1, 0.15) is 39.0 Å². The van der Waals surface area contributed by atoms with Crippen molar-refractivity contribution in [1.29, 1.82) is 0 Å². The van der Waals surface area contributed by atoms with Crippen LogP contribution in [0.25, 0.3) is 0 Å². The van der Waals surface area contributed by atoms with Gasteiger partial charge >= 0.3 is 5.69 Å². The lowest BCUT2D eigenvalue weighted by atomic mass is 9.89. The average molecular weight is 336 g/mol. The Morgan fingerprint density at radius 3 is 2.71 bits per heavy atom. The summed E-state index contributed by atoms with van der Waals surface area (Å²) in [5.41, 5.74) is -0.221. The molecular formula is C17H24N2O5. The molecule has 1 saturated carbocycles. The molecule has 0 radical (unpaired) electrons. The number of nitro groups is 1. The summed E-state index contributed by atoms with van der Waals surface area (Å²) in [6.07, 6.45) is 5.17. The molecular weight excluding hydrogens is 312 g/mol. The van der Waals surface area contributed by atoms with Gasteiger partial charge in [-0.3, -0.25) is 14.9 Å². The zero-order valence-corrected chi connectivity index (χ0v) is 14.1. The highest BCUT2D eigenvalue weighted by molar-refractivity contribution is 5.80. The standard InChI is InChI=1S/C17H24N2O5/c1-12(17(20)18-11-13-6-4-3-5-7-13)24-16-9-8-14(23-2)10-15(16)19(21)22/h8-10,12-13H,3-7,11H2,1-2H3,(H,18,20). The SMILES string of the molecule is COc1ccc(OC(C)C(=O)NCC2CCCCC2)c([N+](=O)[O-])c1. The van der Waals surface area contributed by atoms with Crippen LogP contribution in [-0.2, 0) is 4.79 Å². The molecule has 1 aromatic carbocycles. The van der Waals surface area contributed by atoms with E-state index in [1.54, 1.807) is 13.0 Å². The first-order valence-corrected chi connectivity index (χ1v) is 8.28. The zero-order valence-electron chi connectivity index (χ0n) is 14.1. The van der Waals surface area contributed by atoms with Gasteiger partial charge in [-0.15, -0.1) is 0 Å². The maximum Gasteiger partial charge on any atom is 0.314 e. The monoisotopic (exact) mass is 336 g/mol. The second-order valence-corrected chi connectivity index (χ2v) is 6.10. The average Bonchev–Trinajstić information content (AvgIpc) is 2.60. The van der Waals surface area contributed by atoms with E-state index < -0.39 is 11.0 Å². The maximum atomic E-state index is 12.2. The van der Waals surface area contributed by atoms with Crippen molar-refractivity contribution in [3.05, 3.63) is 28.3 Å². The number of carbonyl (C=O) groups excluding carboxylic acids is 1. The van der Waals surface area contributed by atoms with Crippen LogP contribution in [0.4, 0.5) is 5.69 Å². The number of carbonyl (C=O) groups is 1. The molecule has 1 atom stereocenters. The number of hydrogen-bond acceptors (Lipinski definition) is 5. The van der Waals surface area contributed by atoms with Crippen LogP contribution in [0.15, 0.2) is 18.2 Å². The maximum absolute atomic E-state index is 12.2.